The standard InChI is InChI=1S/C17H21N3O4S/c1-6-20-10(4)12(8-18-20)15(22)19-16-13(17(23)24-7-2)9(3)14(25-16)11(5)21/h8H,6-7H2,1-5H3,(H,19,22). The molecule has 8 heteroatoms. The van der Waals surface area contributed by atoms with Crippen molar-refractivity contribution in [3.05, 3.63) is 33.5 Å². The van der Waals surface area contributed by atoms with E-state index in [0.717, 1.165) is 17.0 Å². The molecule has 7 nitrogen and oxygen atoms in total. The second kappa shape index (κ2) is 7.60. The number of aromatic nitrogens is 2. The number of ketones is 1. The SMILES string of the molecule is CCOC(=O)c1c(NC(=O)c2cnn(CC)c2C)sc(C(C)=O)c1C. The average molecular weight is 363 g/mol. The molecule has 0 spiro atoms. The smallest absolute Gasteiger partial charge is 0.341 e. The molecule has 0 aromatic carbocycles. The van der Waals surface area contributed by atoms with Crippen molar-refractivity contribution in [2.75, 3.05) is 11.9 Å². The van der Waals surface area contributed by atoms with Gasteiger partial charge in [0.25, 0.3) is 5.91 Å². The highest BCUT2D eigenvalue weighted by Crippen LogP contribution is 2.34. The van der Waals surface area contributed by atoms with Crippen LogP contribution in [-0.2, 0) is 11.3 Å². The van der Waals surface area contributed by atoms with Gasteiger partial charge in [-0.15, -0.1) is 11.3 Å². The molecular formula is C17H21N3O4S. The van der Waals surface area contributed by atoms with E-state index in [1.54, 1.807) is 25.5 Å². The van der Waals surface area contributed by atoms with Crippen molar-refractivity contribution in [2.45, 2.75) is 41.2 Å². The molecule has 0 saturated carbocycles. The minimum Gasteiger partial charge on any atom is -0.462 e. The molecule has 0 fully saturated rings. The highest BCUT2D eigenvalue weighted by atomic mass is 32.1. The van der Waals surface area contributed by atoms with E-state index in [0.29, 0.717) is 27.5 Å². The van der Waals surface area contributed by atoms with Gasteiger partial charge in [0.05, 0.1) is 28.8 Å². The molecule has 2 aromatic heterocycles. The van der Waals surface area contributed by atoms with Crippen LogP contribution in [0.3, 0.4) is 0 Å². The van der Waals surface area contributed by atoms with E-state index in [4.69, 9.17) is 4.74 Å². The molecule has 0 bridgehead atoms. The van der Waals surface area contributed by atoms with E-state index in [9.17, 15) is 14.4 Å². The first-order valence-electron chi connectivity index (χ1n) is 7.96. The number of amides is 1. The molecule has 1 N–H and O–H groups in total. The van der Waals surface area contributed by atoms with Crippen molar-refractivity contribution in [1.82, 2.24) is 9.78 Å². The van der Waals surface area contributed by atoms with Crippen LogP contribution in [-0.4, -0.2) is 34.0 Å². The van der Waals surface area contributed by atoms with E-state index in [-0.39, 0.29) is 23.9 Å². The number of Topliss-reactive ketones (excluding diaryl/α,β-unsaturated/α-hetero) is 1. The van der Waals surface area contributed by atoms with E-state index < -0.39 is 5.97 Å². The Bertz CT molecular complexity index is 835. The van der Waals surface area contributed by atoms with E-state index in [1.165, 1.54) is 13.1 Å². The Labute approximate surface area is 150 Å². The van der Waals surface area contributed by atoms with Gasteiger partial charge in [-0.1, -0.05) is 0 Å². The Morgan fingerprint density at radius 3 is 2.48 bits per heavy atom. The molecule has 1 amide bonds. The summed E-state index contributed by atoms with van der Waals surface area (Å²) in [7, 11) is 0. The number of carbonyl (C=O) groups excluding carboxylic acids is 3. The van der Waals surface area contributed by atoms with Gasteiger partial charge < -0.3 is 10.1 Å². The van der Waals surface area contributed by atoms with Crippen LogP contribution >= 0.6 is 11.3 Å². The van der Waals surface area contributed by atoms with Gasteiger partial charge >= 0.3 is 5.97 Å². The number of aryl methyl sites for hydroxylation is 1. The molecule has 2 heterocycles. The molecule has 2 aromatic rings. The fourth-order valence-electron chi connectivity index (χ4n) is 2.55. The molecule has 0 aliphatic heterocycles. The number of rotatable bonds is 6. The first-order chi connectivity index (χ1) is 11.8. The summed E-state index contributed by atoms with van der Waals surface area (Å²) >= 11 is 1.08. The summed E-state index contributed by atoms with van der Waals surface area (Å²) in [5.74, 6) is -1.09. The van der Waals surface area contributed by atoms with Crippen molar-refractivity contribution in [1.29, 1.82) is 0 Å². The predicted molar refractivity (Wildman–Crippen MR) is 95.6 cm³/mol. The van der Waals surface area contributed by atoms with Crippen LogP contribution in [0.2, 0.25) is 0 Å². The Morgan fingerprint density at radius 1 is 1.28 bits per heavy atom. The third kappa shape index (κ3) is 3.63. The lowest BCUT2D eigenvalue weighted by Crippen LogP contribution is -2.15. The average Bonchev–Trinajstić information content (AvgIpc) is 3.07. The molecule has 0 aliphatic rings. The van der Waals surface area contributed by atoms with Gasteiger partial charge in [0.1, 0.15) is 5.00 Å². The summed E-state index contributed by atoms with van der Waals surface area (Å²) in [6.07, 6.45) is 1.49. The number of hydrogen-bond donors (Lipinski definition) is 1. The number of nitrogens with one attached hydrogen (secondary N) is 1. The number of esters is 1. The molecule has 2 rings (SSSR count). The second-order valence-corrected chi connectivity index (χ2v) is 6.47. The zero-order valence-corrected chi connectivity index (χ0v) is 15.7. The summed E-state index contributed by atoms with van der Waals surface area (Å²) in [6.45, 7) is 9.40. The molecule has 0 aliphatic carbocycles. The molecule has 25 heavy (non-hydrogen) atoms. The lowest BCUT2D eigenvalue weighted by atomic mass is 10.1. The summed E-state index contributed by atoms with van der Waals surface area (Å²) in [4.78, 5) is 37.1. The van der Waals surface area contributed by atoms with Gasteiger partial charge in [-0.05, 0) is 40.2 Å². The number of nitrogens with zero attached hydrogens (tertiary/aromatic N) is 2. The topological polar surface area (TPSA) is 90.3 Å². The molecular weight excluding hydrogens is 342 g/mol. The Hall–Kier alpha value is -2.48. The predicted octanol–water partition coefficient (Wildman–Crippen LogP) is 3.21. The molecule has 0 atom stereocenters. The third-order valence-corrected chi connectivity index (χ3v) is 5.13. The minimum atomic E-state index is -0.556. The van der Waals surface area contributed by atoms with Crippen LogP contribution in [0.15, 0.2) is 6.20 Å². The first kappa shape index (κ1) is 18.9. The zero-order chi connectivity index (χ0) is 18.7. The maximum Gasteiger partial charge on any atom is 0.341 e. The van der Waals surface area contributed by atoms with Crippen LogP contribution in [0.5, 0.6) is 0 Å². The highest BCUT2D eigenvalue weighted by molar-refractivity contribution is 7.18. The van der Waals surface area contributed by atoms with E-state index >= 15 is 0 Å². The normalized spacial score (nSPS) is 10.6. The second-order valence-electron chi connectivity index (χ2n) is 5.45. The fourth-order valence-corrected chi connectivity index (χ4v) is 3.63. The quantitative estimate of drug-likeness (QED) is 0.629. The number of ether oxygens (including phenoxy) is 1. The maximum atomic E-state index is 12.6. The van der Waals surface area contributed by atoms with E-state index in [1.807, 2.05) is 6.92 Å². The lowest BCUT2D eigenvalue weighted by Gasteiger charge is -2.07. The van der Waals surface area contributed by atoms with Crippen molar-refractivity contribution in [3.8, 4) is 0 Å². The number of carbonyl (C=O) groups is 3. The first-order valence-corrected chi connectivity index (χ1v) is 8.78. The minimum absolute atomic E-state index is 0.163. The number of hydrogen-bond acceptors (Lipinski definition) is 6. The Morgan fingerprint density at radius 2 is 1.96 bits per heavy atom. The maximum absolute atomic E-state index is 12.6. The summed E-state index contributed by atoms with van der Waals surface area (Å²) in [5.41, 5.74) is 1.91. The summed E-state index contributed by atoms with van der Waals surface area (Å²) in [6, 6.07) is 0. The van der Waals surface area contributed by atoms with E-state index in [2.05, 4.69) is 10.4 Å². The fraction of sp³-hybridized carbons (Fsp3) is 0.412. The van der Waals surface area contributed by atoms with Crippen molar-refractivity contribution in [3.63, 3.8) is 0 Å². The Balaban J connectivity index is 2.42. The van der Waals surface area contributed by atoms with Crippen LogP contribution in [0.25, 0.3) is 0 Å². The van der Waals surface area contributed by atoms with Gasteiger partial charge in [0.15, 0.2) is 5.78 Å². The van der Waals surface area contributed by atoms with Crippen molar-refractivity contribution >= 4 is 34.0 Å². The highest BCUT2D eigenvalue weighted by Gasteiger charge is 2.26. The molecule has 0 unspecified atom stereocenters. The monoisotopic (exact) mass is 363 g/mol. The third-order valence-electron chi connectivity index (χ3n) is 3.82. The summed E-state index contributed by atoms with van der Waals surface area (Å²) < 4.78 is 6.77. The summed E-state index contributed by atoms with van der Waals surface area (Å²) in [5, 5.41) is 7.20. The van der Waals surface area contributed by atoms with Gasteiger partial charge in [0.2, 0.25) is 0 Å². The van der Waals surface area contributed by atoms with Crippen LogP contribution in [0.1, 0.15) is 62.4 Å². The van der Waals surface area contributed by atoms with Crippen molar-refractivity contribution in [2.24, 2.45) is 0 Å². The zero-order valence-electron chi connectivity index (χ0n) is 14.9. The molecule has 0 radical (unpaired) electrons. The van der Waals surface area contributed by atoms with Gasteiger partial charge in [-0.3, -0.25) is 14.3 Å². The number of thiophene rings is 1. The van der Waals surface area contributed by atoms with Gasteiger partial charge in [-0.25, -0.2) is 4.79 Å². The van der Waals surface area contributed by atoms with Crippen LogP contribution in [0, 0.1) is 13.8 Å². The largest absolute Gasteiger partial charge is 0.462 e. The lowest BCUT2D eigenvalue weighted by molar-refractivity contribution is 0.0527. The van der Waals surface area contributed by atoms with Crippen LogP contribution in [0.4, 0.5) is 5.00 Å². The number of anilines is 1. The van der Waals surface area contributed by atoms with Crippen molar-refractivity contribution < 1.29 is 19.1 Å². The van der Waals surface area contributed by atoms with Gasteiger partial charge in [-0.2, -0.15) is 5.10 Å². The molecule has 0 saturated heterocycles. The molecule has 134 valence electrons. The van der Waals surface area contributed by atoms with Gasteiger partial charge in [0, 0.05) is 12.2 Å². The van der Waals surface area contributed by atoms with Crippen LogP contribution < -0.4 is 5.32 Å². The Kier molecular flexibility index (Phi) is 5.73.